The minimum absolute atomic E-state index is 0.0462. The van der Waals surface area contributed by atoms with Gasteiger partial charge in [-0.15, -0.1) is 0 Å². The lowest BCUT2D eigenvalue weighted by atomic mass is 10.1. The molecular formula is C10H11N3O2. The Bertz CT molecular complexity index is 516. The van der Waals surface area contributed by atoms with Crippen LogP contribution in [0, 0.1) is 0 Å². The summed E-state index contributed by atoms with van der Waals surface area (Å²) in [5, 5.41) is 8.82. The second-order valence-corrected chi connectivity index (χ2v) is 3.67. The number of hydrogen-bond acceptors (Lipinski definition) is 3. The highest BCUT2D eigenvalue weighted by Gasteiger charge is 2.12. The third kappa shape index (κ3) is 1.56. The van der Waals surface area contributed by atoms with Crippen molar-refractivity contribution in [3.8, 4) is 0 Å². The maximum atomic E-state index is 10.8. The van der Waals surface area contributed by atoms with E-state index in [0.717, 1.165) is 5.56 Å². The molecule has 15 heavy (non-hydrogen) atoms. The highest BCUT2D eigenvalue weighted by atomic mass is 16.4. The van der Waals surface area contributed by atoms with Crippen LogP contribution in [-0.2, 0) is 0 Å². The quantitative estimate of drug-likeness (QED) is 0.807. The van der Waals surface area contributed by atoms with Gasteiger partial charge in [-0.3, -0.25) is 4.40 Å². The standard InChI is InChI=1S/C10H11N3O2/c1-6(2)7-3-11-5-13-4-8(10(14)15)12-9(7)13/h3-6H,1-2H3,(H,14,15). The lowest BCUT2D eigenvalue weighted by Gasteiger charge is -2.04. The Morgan fingerprint density at radius 2 is 2.27 bits per heavy atom. The van der Waals surface area contributed by atoms with Gasteiger partial charge in [0.2, 0.25) is 0 Å². The van der Waals surface area contributed by atoms with E-state index in [4.69, 9.17) is 5.11 Å². The molecule has 0 fully saturated rings. The van der Waals surface area contributed by atoms with E-state index in [0.29, 0.717) is 5.65 Å². The molecule has 0 spiro atoms. The van der Waals surface area contributed by atoms with Gasteiger partial charge in [-0.2, -0.15) is 0 Å². The summed E-state index contributed by atoms with van der Waals surface area (Å²) in [7, 11) is 0. The molecule has 1 N–H and O–H groups in total. The van der Waals surface area contributed by atoms with Crippen LogP contribution in [0.1, 0.15) is 35.8 Å². The van der Waals surface area contributed by atoms with E-state index < -0.39 is 5.97 Å². The van der Waals surface area contributed by atoms with Crippen molar-refractivity contribution < 1.29 is 9.90 Å². The van der Waals surface area contributed by atoms with Crippen LogP contribution >= 0.6 is 0 Å². The molecule has 2 rings (SSSR count). The normalized spacial score (nSPS) is 11.1. The molecule has 0 saturated heterocycles. The lowest BCUT2D eigenvalue weighted by molar-refractivity contribution is 0.0691. The highest BCUT2D eigenvalue weighted by Crippen LogP contribution is 2.18. The minimum atomic E-state index is -1.02. The molecule has 2 aromatic heterocycles. The van der Waals surface area contributed by atoms with E-state index in [2.05, 4.69) is 9.97 Å². The van der Waals surface area contributed by atoms with Crippen LogP contribution in [0.2, 0.25) is 0 Å². The van der Waals surface area contributed by atoms with E-state index in [-0.39, 0.29) is 11.6 Å². The number of imidazole rings is 1. The molecule has 2 aromatic rings. The number of rotatable bonds is 2. The molecule has 0 aliphatic carbocycles. The first kappa shape index (κ1) is 9.64. The molecule has 0 unspecified atom stereocenters. The van der Waals surface area contributed by atoms with E-state index in [1.165, 1.54) is 6.20 Å². The van der Waals surface area contributed by atoms with Crippen LogP contribution in [0.15, 0.2) is 18.7 Å². The fourth-order valence-corrected chi connectivity index (χ4v) is 1.45. The average Bonchev–Trinajstić information content (AvgIpc) is 2.60. The molecule has 0 aliphatic heterocycles. The number of aromatic nitrogens is 3. The van der Waals surface area contributed by atoms with Gasteiger partial charge in [0.25, 0.3) is 0 Å². The van der Waals surface area contributed by atoms with Crippen molar-refractivity contribution in [1.29, 1.82) is 0 Å². The molecule has 78 valence electrons. The summed E-state index contributed by atoms with van der Waals surface area (Å²) in [4.78, 5) is 18.8. The van der Waals surface area contributed by atoms with Gasteiger partial charge in [-0.1, -0.05) is 13.8 Å². The summed E-state index contributed by atoms with van der Waals surface area (Å²) in [5.41, 5.74) is 1.66. The van der Waals surface area contributed by atoms with Crippen LogP contribution in [0.4, 0.5) is 0 Å². The summed E-state index contributed by atoms with van der Waals surface area (Å²) in [6.07, 6.45) is 4.75. The second-order valence-electron chi connectivity index (χ2n) is 3.67. The van der Waals surface area contributed by atoms with Gasteiger partial charge in [0.05, 0.1) is 0 Å². The van der Waals surface area contributed by atoms with Gasteiger partial charge in [0, 0.05) is 18.0 Å². The predicted octanol–water partition coefficient (Wildman–Crippen LogP) is 1.55. The summed E-state index contributed by atoms with van der Waals surface area (Å²) >= 11 is 0. The molecule has 0 aromatic carbocycles. The van der Waals surface area contributed by atoms with Gasteiger partial charge >= 0.3 is 5.97 Å². The third-order valence-corrected chi connectivity index (χ3v) is 2.24. The van der Waals surface area contributed by atoms with Gasteiger partial charge in [0.15, 0.2) is 5.69 Å². The fraction of sp³-hybridized carbons (Fsp3) is 0.300. The number of fused-ring (bicyclic) bond motifs is 1. The summed E-state index contributed by atoms with van der Waals surface area (Å²) < 4.78 is 1.64. The fourth-order valence-electron chi connectivity index (χ4n) is 1.45. The number of hydrogen-bond donors (Lipinski definition) is 1. The SMILES string of the molecule is CC(C)c1cncn2cc(C(=O)O)nc12. The molecular weight excluding hydrogens is 194 g/mol. The lowest BCUT2D eigenvalue weighted by Crippen LogP contribution is -1.96. The second kappa shape index (κ2) is 3.34. The number of aromatic carboxylic acids is 1. The highest BCUT2D eigenvalue weighted by molar-refractivity contribution is 5.86. The first-order valence-corrected chi connectivity index (χ1v) is 4.65. The Morgan fingerprint density at radius 3 is 2.87 bits per heavy atom. The number of carbonyl (C=O) groups is 1. The minimum Gasteiger partial charge on any atom is -0.476 e. The zero-order valence-electron chi connectivity index (χ0n) is 8.51. The molecule has 0 radical (unpaired) electrons. The number of carboxylic acids is 1. The molecule has 5 heteroatoms. The van der Waals surface area contributed by atoms with Crippen molar-refractivity contribution >= 4 is 11.6 Å². The van der Waals surface area contributed by atoms with E-state index in [1.807, 2.05) is 13.8 Å². The number of nitrogens with zero attached hydrogens (tertiary/aromatic N) is 3. The molecule has 0 atom stereocenters. The molecule has 0 bridgehead atoms. The topological polar surface area (TPSA) is 67.5 Å². The molecule has 5 nitrogen and oxygen atoms in total. The predicted molar refractivity (Wildman–Crippen MR) is 54.0 cm³/mol. The maximum absolute atomic E-state index is 10.8. The van der Waals surface area contributed by atoms with Crippen molar-refractivity contribution in [3.05, 3.63) is 30.0 Å². The van der Waals surface area contributed by atoms with Crippen molar-refractivity contribution in [2.75, 3.05) is 0 Å². The Hall–Kier alpha value is -1.91. The Morgan fingerprint density at radius 1 is 1.53 bits per heavy atom. The first-order valence-electron chi connectivity index (χ1n) is 4.65. The van der Waals surface area contributed by atoms with E-state index >= 15 is 0 Å². The maximum Gasteiger partial charge on any atom is 0.356 e. The largest absolute Gasteiger partial charge is 0.476 e. The molecule has 0 aliphatic rings. The Labute approximate surface area is 86.4 Å². The Balaban J connectivity index is 2.69. The molecule has 0 saturated carbocycles. The average molecular weight is 205 g/mol. The van der Waals surface area contributed by atoms with Crippen LogP contribution < -0.4 is 0 Å². The van der Waals surface area contributed by atoms with Crippen LogP contribution in [0.3, 0.4) is 0 Å². The zero-order chi connectivity index (χ0) is 11.0. The van der Waals surface area contributed by atoms with Gasteiger partial charge in [0.1, 0.15) is 12.0 Å². The van der Waals surface area contributed by atoms with Gasteiger partial charge < -0.3 is 5.11 Å². The first-order chi connectivity index (χ1) is 7.09. The van der Waals surface area contributed by atoms with Crippen molar-refractivity contribution in [2.45, 2.75) is 19.8 Å². The third-order valence-electron chi connectivity index (χ3n) is 2.24. The number of carboxylic acid groups (broad SMARTS) is 1. The smallest absolute Gasteiger partial charge is 0.356 e. The molecule has 0 amide bonds. The van der Waals surface area contributed by atoms with Crippen LogP contribution in [0.5, 0.6) is 0 Å². The Kier molecular flexibility index (Phi) is 2.15. The van der Waals surface area contributed by atoms with Crippen molar-refractivity contribution in [1.82, 2.24) is 14.4 Å². The zero-order valence-corrected chi connectivity index (χ0v) is 8.51. The van der Waals surface area contributed by atoms with Gasteiger partial charge in [-0.05, 0) is 5.92 Å². The summed E-state index contributed by atoms with van der Waals surface area (Å²) in [5.74, 6) is -0.751. The monoisotopic (exact) mass is 205 g/mol. The molecule has 2 heterocycles. The van der Waals surface area contributed by atoms with Crippen molar-refractivity contribution in [3.63, 3.8) is 0 Å². The summed E-state index contributed by atoms with van der Waals surface area (Å²) in [6.45, 7) is 4.04. The van der Waals surface area contributed by atoms with Gasteiger partial charge in [-0.25, -0.2) is 14.8 Å². The van der Waals surface area contributed by atoms with Crippen LogP contribution in [0.25, 0.3) is 5.65 Å². The van der Waals surface area contributed by atoms with Crippen molar-refractivity contribution in [2.24, 2.45) is 0 Å². The van der Waals surface area contributed by atoms with E-state index in [1.54, 1.807) is 16.9 Å². The van der Waals surface area contributed by atoms with E-state index in [9.17, 15) is 4.79 Å². The summed E-state index contributed by atoms with van der Waals surface area (Å²) in [6, 6.07) is 0. The van der Waals surface area contributed by atoms with Crippen LogP contribution in [-0.4, -0.2) is 25.4 Å².